The van der Waals surface area contributed by atoms with Gasteiger partial charge in [0.1, 0.15) is 0 Å². The van der Waals surface area contributed by atoms with E-state index in [1.165, 1.54) is 20.3 Å². The molecule has 1 aromatic carbocycles. The molecule has 0 saturated carbocycles. The van der Waals surface area contributed by atoms with E-state index in [1.807, 2.05) is 6.92 Å². The van der Waals surface area contributed by atoms with Crippen molar-refractivity contribution in [2.75, 3.05) is 14.2 Å². The van der Waals surface area contributed by atoms with Crippen molar-refractivity contribution in [3.63, 3.8) is 0 Å². The molecule has 0 saturated heterocycles. The van der Waals surface area contributed by atoms with Gasteiger partial charge >= 0.3 is 0 Å². The molecule has 0 fully saturated rings. The van der Waals surface area contributed by atoms with Gasteiger partial charge in [-0.3, -0.25) is 19.2 Å². The second kappa shape index (κ2) is 8.39. The zero-order valence-electron chi connectivity index (χ0n) is 14.5. The smallest absolute Gasteiger partial charge is 0.270 e. The molecule has 6 nitrogen and oxygen atoms in total. The molecular formula is C19H21NO5. The summed E-state index contributed by atoms with van der Waals surface area (Å²) in [5.41, 5.74) is 3.31. The minimum atomic E-state index is -0.446. The van der Waals surface area contributed by atoms with Crippen LogP contribution in [-0.4, -0.2) is 31.7 Å². The number of hydroxylamine groups is 1. The van der Waals surface area contributed by atoms with E-state index >= 15 is 0 Å². The Hall–Kier alpha value is -2.73. The Balaban J connectivity index is 2.54. The third-order valence-electron chi connectivity index (χ3n) is 3.92. The van der Waals surface area contributed by atoms with Crippen LogP contribution in [0.5, 0.6) is 0 Å². The molecule has 0 aromatic heterocycles. The molecule has 1 amide bonds. The van der Waals surface area contributed by atoms with Gasteiger partial charge in [0.15, 0.2) is 11.5 Å². The maximum absolute atomic E-state index is 12.8. The average Bonchev–Trinajstić information content (AvgIpc) is 2.62. The molecule has 1 aliphatic carbocycles. The molecule has 0 atom stereocenters. The number of methoxy groups -OCH3 is 1. The fraction of sp³-hybridized carbons (Fsp3) is 0.316. The summed E-state index contributed by atoms with van der Waals surface area (Å²) in [4.78, 5) is 42.3. The number of fused-ring (bicyclic) bond motifs is 1. The minimum absolute atomic E-state index is 0.0529. The van der Waals surface area contributed by atoms with Gasteiger partial charge in [0.05, 0.1) is 19.8 Å². The van der Waals surface area contributed by atoms with Crippen LogP contribution in [0.2, 0.25) is 0 Å². The molecule has 1 N–H and O–H groups in total. The summed E-state index contributed by atoms with van der Waals surface area (Å²) in [5.74, 6) is -1.21. The molecule has 25 heavy (non-hydrogen) atoms. The van der Waals surface area contributed by atoms with Crippen molar-refractivity contribution in [1.82, 2.24) is 5.48 Å². The Morgan fingerprint density at radius 3 is 2.32 bits per heavy atom. The monoisotopic (exact) mass is 343 g/mol. The van der Waals surface area contributed by atoms with Crippen molar-refractivity contribution in [1.29, 1.82) is 0 Å². The van der Waals surface area contributed by atoms with Gasteiger partial charge in [0, 0.05) is 16.7 Å². The lowest BCUT2D eigenvalue weighted by Crippen LogP contribution is -2.26. The number of ether oxygens (including phenoxy) is 1. The highest BCUT2D eigenvalue weighted by Crippen LogP contribution is 2.28. The number of allylic oxidation sites excluding steroid dienone is 3. The molecule has 0 unspecified atom stereocenters. The summed E-state index contributed by atoms with van der Waals surface area (Å²) in [6.45, 7) is 2.00. The summed E-state index contributed by atoms with van der Waals surface area (Å²) in [7, 11) is 2.67. The lowest BCUT2D eigenvalue weighted by atomic mass is 9.87. The van der Waals surface area contributed by atoms with Gasteiger partial charge in [-0.1, -0.05) is 37.6 Å². The van der Waals surface area contributed by atoms with Crippen molar-refractivity contribution >= 4 is 17.5 Å². The maximum Gasteiger partial charge on any atom is 0.270 e. The van der Waals surface area contributed by atoms with E-state index in [9.17, 15) is 14.4 Å². The SMILES string of the molecule is CCCCC(=CC1=C(OC)C(=O)c2ccccc2C1=O)C(=O)NOC. The van der Waals surface area contributed by atoms with Crippen LogP contribution < -0.4 is 5.48 Å². The molecule has 1 aliphatic rings. The zero-order chi connectivity index (χ0) is 18.4. The number of benzene rings is 1. The van der Waals surface area contributed by atoms with Crippen LogP contribution in [0.15, 0.2) is 47.2 Å². The number of unbranched alkanes of at least 4 members (excludes halogenated alkanes) is 1. The van der Waals surface area contributed by atoms with E-state index in [0.717, 1.165) is 12.8 Å². The number of ketones is 2. The first-order chi connectivity index (χ1) is 12.0. The fourth-order valence-corrected chi connectivity index (χ4v) is 2.66. The number of carbonyl (C=O) groups excluding carboxylic acids is 3. The molecule has 0 bridgehead atoms. The summed E-state index contributed by atoms with van der Waals surface area (Å²) in [6.07, 6.45) is 3.52. The molecule has 0 radical (unpaired) electrons. The standard InChI is InChI=1S/C19H21NO5/c1-4-5-8-12(19(23)20-25-3)11-15-16(21)13-9-6-7-10-14(13)17(22)18(15)24-2/h6-7,9-11H,4-5,8H2,1-3H3,(H,20,23). The molecule has 6 heteroatoms. The Morgan fingerprint density at radius 1 is 1.12 bits per heavy atom. The normalized spacial score (nSPS) is 14.4. The quantitative estimate of drug-likeness (QED) is 0.608. The van der Waals surface area contributed by atoms with Crippen LogP contribution in [0.3, 0.4) is 0 Å². The van der Waals surface area contributed by atoms with E-state index in [1.54, 1.807) is 24.3 Å². The summed E-state index contributed by atoms with van der Waals surface area (Å²) in [6, 6.07) is 6.57. The van der Waals surface area contributed by atoms with Crippen molar-refractivity contribution in [3.8, 4) is 0 Å². The van der Waals surface area contributed by atoms with Gasteiger partial charge in [-0.15, -0.1) is 0 Å². The fourth-order valence-electron chi connectivity index (χ4n) is 2.66. The topological polar surface area (TPSA) is 81.7 Å². The molecular weight excluding hydrogens is 322 g/mol. The van der Waals surface area contributed by atoms with Gasteiger partial charge in [0.2, 0.25) is 5.78 Å². The second-order valence-electron chi connectivity index (χ2n) is 5.56. The van der Waals surface area contributed by atoms with Crippen LogP contribution >= 0.6 is 0 Å². The first-order valence-electron chi connectivity index (χ1n) is 8.05. The Kier molecular flexibility index (Phi) is 6.25. The van der Waals surface area contributed by atoms with E-state index in [4.69, 9.17) is 4.74 Å². The number of amides is 1. The Labute approximate surface area is 146 Å². The second-order valence-corrected chi connectivity index (χ2v) is 5.56. The zero-order valence-corrected chi connectivity index (χ0v) is 14.5. The lowest BCUT2D eigenvalue weighted by Gasteiger charge is -2.19. The van der Waals surface area contributed by atoms with Crippen LogP contribution in [0.1, 0.15) is 46.9 Å². The number of nitrogens with one attached hydrogen (secondary N) is 1. The Morgan fingerprint density at radius 2 is 1.76 bits per heavy atom. The molecule has 132 valence electrons. The average molecular weight is 343 g/mol. The molecule has 1 aromatic rings. The number of hydrogen-bond acceptors (Lipinski definition) is 5. The largest absolute Gasteiger partial charge is 0.492 e. The van der Waals surface area contributed by atoms with E-state index in [0.29, 0.717) is 23.1 Å². The van der Waals surface area contributed by atoms with E-state index < -0.39 is 5.91 Å². The van der Waals surface area contributed by atoms with Gasteiger partial charge < -0.3 is 4.74 Å². The highest BCUT2D eigenvalue weighted by atomic mass is 16.6. The van der Waals surface area contributed by atoms with Gasteiger partial charge in [-0.25, -0.2) is 5.48 Å². The summed E-state index contributed by atoms with van der Waals surface area (Å²) >= 11 is 0. The van der Waals surface area contributed by atoms with Crippen LogP contribution in [0, 0.1) is 0 Å². The van der Waals surface area contributed by atoms with Crippen molar-refractivity contribution in [2.45, 2.75) is 26.2 Å². The molecule has 2 rings (SSSR count). The highest BCUT2D eigenvalue weighted by Gasteiger charge is 2.32. The summed E-state index contributed by atoms with van der Waals surface area (Å²) < 4.78 is 5.19. The minimum Gasteiger partial charge on any atom is -0.492 e. The number of rotatable bonds is 7. The predicted molar refractivity (Wildman–Crippen MR) is 91.9 cm³/mol. The van der Waals surface area contributed by atoms with Crippen LogP contribution in [0.4, 0.5) is 0 Å². The van der Waals surface area contributed by atoms with Crippen molar-refractivity contribution in [2.24, 2.45) is 0 Å². The lowest BCUT2D eigenvalue weighted by molar-refractivity contribution is -0.127. The molecule has 0 aliphatic heterocycles. The first-order valence-corrected chi connectivity index (χ1v) is 8.05. The van der Waals surface area contributed by atoms with E-state index in [2.05, 4.69) is 10.3 Å². The number of Topliss-reactive ketones (excluding diaryl/α,β-unsaturated/α-hetero) is 2. The third-order valence-corrected chi connectivity index (χ3v) is 3.92. The van der Waals surface area contributed by atoms with Gasteiger partial charge in [0.25, 0.3) is 5.91 Å². The van der Waals surface area contributed by atoms with Crippen molar-refractivity contribution in [3.05, 3.63) is 58.4 Å². The third kappa shape index (κ3) is 3.85. The highest BCUT2D eigenvalue weighted by molar-refractivity contribution is 6.27. The van der Waals surface area contributed by atoms with Crippen LogP contribution in [-0.2, 0) is 14.4 Å². The molecule has 0 heterocycles. The predicted octanol–water partition coefficient (Wildman–Crippen LogP) is 2.76. The molecule has 0 spiro atoms. The Bertz CT molecular complexity index is 761. The number of carbonyl (C=O) groups is 3. The van der Waals surface area contributed by atoms with Crippen LogP contribution in [0.25, 0.3) is 0 Å². The first kappa shape index (κ1) is 18.6. The van der Waals surface area contributed by atoms with E-state index in [-0.39, 0.29) is 22.9 Å². The van der Waals surface area contributed by atoms with Gasteiger partial charge in [-0.2, -0.15) is 0 Å². The maximum atomic E-state index is 12.8. The van der Waals surface area contributed by atoms with Gasteiger partial charge in [-0.05, 0) is 18.9 Å². The number of hydrogen-bond donors (Lipinski definition) is 1. The summed E-state index contributed by atoms with van der Waals surface area (Å²) in [5, 5.41) is 0. The van der Waals surface area contributed by atoms with Crippen molar-refractivity contribution < 1.29 is 24.0 Å².